The van der Waals surface area contributed by atoms with Gasteiger partial charge in [-0.3, -0.25) is 0 Å². The van der Waals surface area contributed by atoms with Crippen LogP contribution < -0.4 is 9.47 Å². The summed E-state index contributed by atoms with van der Waals surface area (Å²) < 4.78 is 11.3. The molecule has 0 aliphatic rings. The van der Waals surface area contributed by atoms with Crippen LogP contribution in [0.25, 0.3) is 10.8 Å². The second-order valence-corrected chi connectivity index (χ2v) is 5.98. The van der Waals surface area contributed by atoms with Crippen molar-refractivity contribution in [2.45, 2.75) is 6.92 Å². The van der Waals surface area contributed by atoms with Crippen LogP contribution in [0.2, 0.25) is 5.02 Å². The van der Waals surface area contributed by atoms with Gasteiger partial charge in [0.1, 0.15) is 30.3 Å². The van der Waals surface area contributed by atoms with Gasteiger partial charge in [0.2, 0.25) is 0 Å². The average molecular weight is 357 g/mol. The number of carboxylic acids is 1. The molecule has 0 aliphatic heterocycles. The fraction of sp³-hybridized carbons (Fsp3) is 0.150. The van der Waals surface area contributed by atoms with Crippen LogP contribution in [0.3, 0.4) is 0 Å². The van der Waals surface area contributed by atoms with Crippen molar-refractivity contribution in [1.29, 1.82) is 0 Å². The molecule has 0 amide bonds. The third-order valence-corrected chi connectivity index (χ3v) is 4.27. The van der Waals surface area contributed by atoms with Crippen LogP contribution in [-0.2, 0) is 0 Å². The summed E-state index contributed by atoms with van der Waals surface area (Å²) in [6, 6.07) is 16.3. The van der Waals surface area contributed by atoms with Gasteiger partial charge in [-0.1, -0.05) is 41.9 Å². The van der Waals surface area contributed by atoms with Crippen LogP contribution in [0.15, 0.2) is 54.6 Å². The van der Waals surface area contributed by atoms with E-state index in [4.69, 9.17) is 21.1 Å². The van der Waals surface area contributed by atoms with Crippen molar-refractivity contribution in [3.8, 4) is 11.5 Å². The zero-order chi connectivity index (χ0) is 17.8. The van der Waals surface area contributed by atoms with Gasteiger partial charge in [0.05, 0.1) is 0 Å². The van der Waals surface area contributed by atoms with Crippen molar-refractivity contribution >= 4 is 28.3 Å². The van der Waals surface area contributed by atoms with Gasteiger partial charge in [0.25, 0.3) is 0 Å². The van der Waals surface area contributed by atoms with Crippen molar-refractivity contribution in [3.63, 3.8) is 0 Å². The first-order chi connectivity index (χ1) is 12.1. The SMILES string of the molecule is Cc1cc(OCCOc2ccc3ccccc3c2C(=O)O)ccc1Cl. The summed E-state index contributed by atoms with van der Waals surface area (Å²) in [7, 11) is 0. The summed E-state index contributed by atoms with van der Waals surface area (Å²) in [5.41, 5.74) is 1.10. The molecule has 0 atom stereocenters. The minimum absolute atomic E-state index is 0.167. The summed E-state index contributed by atoms with van der Waals surface area (Å²) in [6.45, 7) is 2.44. The number of aryl methyl sites for hydroxylation is 1. The van der Waals surface area contributed by atoms with E-state index >= 15 is 0 Å². The number of aromatic carboxylic acids is 1. The summed E-state index contributed by atoms with van der Waals surface area (Å²) >= 11 is 5.98. The molecule has 0 saturated heterocycles. The summed E-state index contributed by atoms with van der Waals surface area (Å²) in [5.74, 6) is 0.0191. The van der Waals surface area contributed by atoms with Crippen LogP contribution >= 0.6 is 11.6 Å². The zero-order valence-electron chi connectivity index (χ0n) is 13.7. The molecular formula is C20H17ClO4. The van der Waals surface area contributed by atoms with Gasteiger partial charge in [-0.05, 0) is 47.5 Å². The third-order valence-electron chi connectivity index (χ3n) is 3.84. The molecule has 0 unspecified atom stereocenters. The van der Waals surface area contributed by atoms with E-state index in [0.717, 1.165) is 10.9 Å². The second-order valence-electron chi connectivity index (χ2n) is 5.57. The van der Waals surface area contributed by atoms with Crippen molar-refractivity contribution in [1.82, 2.24) is 0 Å². The molecule has 0 spiro atoms. The molecule has 5 heteroatoms. The van der Waals surface area contributed by atoms with Gasteiger partial charge in [-0.15, -0.1) is 0 Å². The normalized spacial score (nSPS) is 10.6. The van der Waals surface area contributed by atoms with Crippen molar-refractivity contribution < 1.29 is 19.4 Å². The molecular weight excluding hydrogens is 340 g/mol. The standard InChI is InChI=1S/C20H17ClO4/c1-13-12-15(7-8-17(13)21)24-10-11-25-18-9-6-14-4-2-3-5-16(14)19(18)20(22)23/h2-9,12H,10-11H2,1H3,(H,22,23). The van der Waals surface area contributed by atoms with Gasteiger partial charge >= 0.3 is 5.97 Å². The van der Waals surface area contributed by atoms with E-state index in [0.29, 0.717) is 28.5 Å². The monoisotopic (exact) mass is 356 g/mol. The molecule has 1 N–H and O–H groups in total. The molecule has 4 nitrogen and oxygen atoms in total. The predicted molar refractivity (Wildman–Crippen MR) is 98.1 cm³/mol. The fourth-order valence-electron chi connectivity index (χ4n) is 2.61. The van der Waals surface area contributed by atoms with Crippen molar-refractivity contribution in [3.05, 3.63) is 70.7 Å². The minimum atomic E-state index is -1.01. The highest BCUT2D eigenvalue weighted by Crippen LogP contribution is 2.28. The van der Waals surface area contributed by atoms with Gasteiger partial charge < -0.3 is 14.6 Å². The van der Waals surface area contributed by atoms with Crippen LogP contribution in [-0.4, -0.2) is 24.3 Å². The maximum Gasteiger partial charge on any atom is 0.340 e. The van der Waals surface area contributed by atoms with E-state index in [-0.39, 0.29) is 12.2 Å². The lowest BCUT2D eigenvalue weighted by atomic mass is 10.0. The summed E-state index contributed by atoms with van der Waals surface area (Å²) in [6.07, 6.45) is 0. The second kappa shape index (κ2) is 7.45. The Labute approximate surface area is 150 Å². The Morgan fingerprint density at radius 1 is 1.04 bits per heavy atom. The maximum absolute atomic E-state index is 11.6. The largest absolute Gasteiger partial charge is 0.490 e. The first-order valence-corrected chi connectivity index (χ1v) is 8.21. The number of halogens is 1. The molecule has 3 rings (SSSR count). The molecule has 0 fully saturated rings. The van der Waals surface area contributed by atoms with E-state index < -0.39 is 5.97 Å². The first kappa shape index (κ1) is 17.1. The average Bonchev–Trinajstić information content (AvgIpc) is 2.61. The van der Waals surface area contributed by atoms with Crippen LogP contribution in [0.5, 0.6) is 11.5 Å². The quantitative estimate of drug-likeness (QED) is 0.634. The van der Waals surface area contributed by atoms with E-state index in [1.165, 1.54) is 0 Å². The Morgan fingerprint density at radius 3 is 2.56 bits per heavy atom. The number of fused-ring (bicyclic) bond motifs is 1. The number of ether oxygens (including phenoxy) is 2. The number of carboxylic acid groups (broad SMARTS) is 1. The molecule has 0 aliphatic carbocycles. The lowest BCUT2D eigenvalue weighted by molar-refractivity contribution is 0.0693. The van der Waals surface area contributed by atoms with E-state index in [9.17, 15) is 9.90 Å². The van der Waals surface area contributed by atoms with E-state index in [1.54, 1.807) is 24.3 Å². The van der Waals surface area contributed by atoms with Gasteiger partial charge in [0.15, 0.2) is 0 Å². The van der Waals surface area contributed by atoms with Gasteiger partial charge in [-0.2, -0.15) is 0 Å². The molecule has 3 aromatic carbocycles. The molecule has 3 aromatic rings. The Hall–Kier alpha value is -2.72. The van der Waals surface area contributed by atoms with Gasteiger partial charge in [0, 0.05) is 5.02 Å². The molecule has 0 saturated carbocycles. The predicted octanol–water partition coefficient (Wildman–Crippen LogP) is 4.96. The Morgan fingerprint density at radius 2 is 1.80 bits per heavy atom. The third kappa shape index (κ3) is 3.86. The lowest BCUT2D eigenvalue weighted by Gasteiger charge is -2.12. The highest BCUT2D eigenvalue weighted by atomic mass is 35.5. The number of carbonyl (C=O) groups is 1. The first-order valence-electron chi connectivity index (χ1n) is 7.83. The van der Waals surface area contributed by atoms with Crippen LogP contribution in [0.1, 0.15) is 15.9 Å². The lowest BCUT2D eigenvalue weighted by Crippen LogP contribution is -2.11. The molecule has 0 aromatic heterocycles. The smallest absolute Gasteiger partial charge is 0.340 e. The highest BCUT2D eigenvalue weighted by Gasteiger charge is 2.15. The topological polar surface area (TPSA) is 55.8 Å². The number of hydrogen-bond acceptors (Lipinski definition) is 3. The van der Waals surface area contributed by atoms with Gasteiger partial charge in [-0.25, -0.2) is 4.79 Å². The number of hydrogen-bond donors (Lipinski definition) is 1. The zero-order valence-corrected chi connectivity index (χ0v) is 14.4. The molecule has 0 radical (unpaired) electrons. The Balaban J connectivity index is 1.69. The van der Waals surface area contributed by atoms with Crippen molar-refractivity contribution in [2.75, 3.05) is 13.2 Å². The minimum Gasteiger partial charge on any atom is -0.490 e. The molecule has 0 heterocycles. The van der Waals surface area contributed by atoms with E-state index in [2.05, 4.69) is 0 Å². The maximum atomic E-state index is 11.6. The number of benzene rings is 3. The molecule has 128 valence electrons. The van der Waals surface area contributed by atoms with Crippen molar-refractivity contribution in [2.24, 2.45) is 0 Å². The number of rotatable bonds is 6. The Bertz CT molecular complexity index is 921. The highest BCUT2D eigenvalue weighted by molar-refractivity contribution is 6.31. The van der Waals surface area contributed by atoms with E-state index in [1.807, 2.05) is 37.3 Å². The van der Waals surface area contributed by atoms with Crippen LogP contribution in [0, 0.1) is 6.92 Å². The Kier molecular flexibility index (Phi) is 5.10. The molecule has 0 bridgehead atoms. The summed E-state index contributed by atoms with van der Waals surface area (Å²) in [4.78, 5) is 11.6. The fourth-order valence-corrected chi connectivity index (χ4v) is 2.73. The molecule has 25 heavy (non-hydrogen) atoms. The summed E-state index contributed by atoms with van der Waals surface area (Å²) in [5, 5.41) is 11.7. The van der Waals surface area contributed by atoms with Crippen LogP contribution in [0.4, 0.5) is 0 Å².